The molecule has 3 aromatic rings. The molecule has 33 heavy (non-hydrogen) atoms. The zero-order chi connectivity index (χ0) is 23.5. The first-order valence-corrected chi connectivity index (χ1v) is 11.5. The summed E-state index contributed by atoms with van der Waals surface area (Å²) in [6, 6.07) is 10.1. The van der Waals surface area contributed by atoms with Crippen LogP contribution in [0.4, 0.5) is 11.5 Å². The molecule has 0 aromatic carbocycles. The molecule has 1 atom stereocenters. The number of nitrogens with zero attached hydrogens (tertiary/aromatic N) is 5. The summed E-state index contributed by atoms with van der Waals surface area (Å²) in [4.78, 5) is 24.2. The van der Waals surface area contributed by atoms with Gasteiger partial charge in [-0.05, 0) is 70.9 Å². The topological polar surface area (TPSA) is 75.9 Å². The predicted molar refractivity (Wildman–Crippen MR) is 132 cm³/mol. The van der Waals surface area contributed by atoms with Crippen molar-refractivity contribution >= 4 is 23.5 Å². The van der Waals surface area contributed by atoms with Crippen molar-refractivity contribution in [2.24, 2.45) is 7.05 Å². The SMILES string of the molecule is Cc1cccc(Nc2cc(C)nc(C3CCCN(C(=O)C=Cc4c(C)nn(C)c4C)C3)c2)n1. The molecule has 1 N–H and O–H groups in total. The van der Waals surface area contributed by atoms with Gasteiger partial charge in [-0.25, -0.2) is 4.98 Å². The van der Waals surface area contributed by atoms with Crippen molar-refractivity contribution in [1.29, 1.82) is 0 Å². The summed E-state index contributed by atoms with van der Waals surface area (Å²) in [5.74, 6) is 1.07. The zero-order valence-corrected chi connectivity index (χ0v) is 20.1. The number of aromatic nitrogens is 4. The zero-order valence-electron chi connectivity index (χ0n) is 20.1. The van der Waals surface area contributed by atoms with Gasteiger partial charge in [0.15, 0.2) is 0 Å². The molecule has 3 aromatic heterocycles. The Kier molecular flexibility index (Phi) is 6.58. The van der Waals surface area contributed by atoms with E-state index in [0.717, 1.165) is 64.9 Å². The highest BCUT2D eigenvalue weighted by molar-refractivity contribution is 5.92. The van der Waals surface area contributed by atoms with Crippen LogP contribution in [0.1, 0.15) is 52.8 Å². The van der Waals surface area contributed by atoms with Gasteiger partial charge in [-0.1, -0.05) is 6.07 Å². The first kappa shape index (κ1) is 22.7. The maximum Gasteiger partial charge on any atom is 0.246 e. The quantitative estimate of drug-likeness (QED) is 0.582. The van der Waals surface area contributed by atoms with E-state index in [1.165, 1.54) is 0 Å². The molecule has 1 saturated heterocycles. The second-order valence-corrected chi connectivity index (χ2v) is 8.88. The standard InChI is InChI=1S/C26H32N6O/c1-17-8-6-10-25(28-17)29-22-14-18(2)27-24(15-22)21-9-7-13-32(16-21)26(33)12-11-23-19(3)30-31(5)20(23)4/h6,8,10-12,14-15,21H,7,9,13,16H2,1-5H3,(H,27,28,29). The highest BCUT2D eigenvalue weighted by Gasteiger charge is 2.25. The van der Waals surface area contributed by atoms with E-state index >= 15 is 0 Å². The van der Waals surface area contributed by atoms with Crippen LogP contribution < -0.4 is 5.32 Å². The summed E-state index contributed by atoms with van der Waals surface area (Å²) in [5, 5.41) is 7.83. The first-order chi connectivity index (χ1) is 15.8. The number of carbonyl (C=O) groups is 1. The molecule has 4 rings (SSSR count). The molecule has 0 bridgehead atoms. The summed E-state index contributed by atoms with van der Waals surface area (Å²) in [7, 11) is 1.92. The second kappa shape index (κ2) is 9.57. The van der Waals surface area contributed by atoms with Crippen LogP contribution in [0.3, 0.4) is 0 Å². The highest BCUT2D eigenvalue weighted by atomic mass is 16.2. The minimum absolute atomic E-state index is 0.0392. The van der Waals surface area contributed by atoms with Crippen LogP contribution in [0.15, 0.2) is 36.4 Å². The van der Waals surface area contributed by atoms with Crippen LogP contribution in [-0.2, 0) is 11.8 Å². The highest BCUT2D eigenvalue weighted by Crippen LogP contribution is 2.29. The van der Waals surface area contributed by atoms with Gasteiger partial charge < -0.3 is 10.2 Å². The van der Waals surface area contributed by atoms with Crippen molar-refractivity contribution < 1.29 is 4.79 Å². The van der Waals surface area contributed by atoms with E-state index in [2.05, 4.69) is 21.5 Å². The van der Waals surface area contributed by atoms with Gasteiger partial charge in [0.1, 0.15) is 5.82 Å². The van der Waals surface area contributed by atoms with E-state index in [9.17, 15) is 4.79 Å². The molecule has 7 heteroatoms. The monoisotopic (exact) mass is 444 g/mol. The molecule has 0 saturated carbocycles. The van der Waals surface area contributed by atoms with Gasteiger partial charge in [-0.15, -0.1) is 0 Å². The lowest BCUT2D eigenvalue weighted by atomic mass is 9.93. The van der Waals surface area contributed by atoms with Gasteiger partial charge in [0, 0.05) is 66.2 Å². The molecule has 7 nitrogen and oxygen atoms in total. The lowest BCUT2D eigenvalue weighted by Gasteiger charge is -2.32. The Bertz CT molecular complexity index is 1200. The number of nitrogens with one attached hydrogen (secondary N) is 1. The van der Waals surface area contributed by atoms with Crippen molar-refractivity contribution in [3.63, 3.8) is 0 Å². The molecule has 0 radical (unpaired) electrons. The van der Waals surface area contributed by atoms with Crippen LogP contribution in [0.5, 0.6) is 0 Å². The fourth-order valence-corrected chi connectivity index (χ4v) is 4.45. The molecule has 0 spiro atoms. The molecule has 0 aliphatic carbocycles. The van der Waals surface area contributed by atoms with Gasteiger partial charge in [0.05, 0.1) is 5.69 Å². The van der Waals surface area contributed by atoms with Crippen molar-refractivity contribution in [1.82, 2.24) is 24.6 Å². The summed E-state index contributed by atoms with van der Waals surface area (Å²) in [6.07, 6.45) is 5.56. The Balaban J connectivity index is 1.48. The average Bonchev–Trinajstić information content (AvgIpc) is 3.02. The smallest absolute Gasteiger partial charge is 0.246 e. The number of hydrogen-bond donors (Lipinski definition) is 1. The number of aryl methyl sites for hydroxylation is 4. The third-order valence-electron chi connectivity index (χ3n) is 6.24. The van der Waals surface area contributed by atoms with Gasteiger partial charge in [-0.2, -0.15) is 5.10 Å². The number of pyridine rings is 2. The third kappa shape index (κ3) is 5.30. The Morgan fingerprint density at radius 3 is 2.67 bits per heavy atom. The van der Waals surface area contributed by atoms with E-state index in [-0.39, 0.29) is 11.8 Å². The van der Waals surface area contributed by atoms with Crippen LogP contribution in [0.25, 0.3) is 6.08 Å². The molecular weight excluding hydrogens is 412 g/mol. The number of anilines is 2. The van der Waals surface area contributed by atoms with Crippen molar-refractivity contribution in [2.45, 2.75) is 46.5 Å². The van der Waals surface area contributed by atoms with Crippen LogP contribution in [-0.4, -0.2) is 43.6 Å². The van der Waals surface area contributed by atoms with Crippen molar-refractivity contribution in [3.05, 3.63) is 70.4 Å². The number of piperidine rings is 1. The van der Waals surface area contributed by atoms with E-state index in [0.29, 0.717) is 6.54 Å². The number of hydrogen-bond acceptors (Lipinski definition) is 5. The third-order valence-corrected chi connectivity index (χ3v) is 6.24. The number of likely N-dealkylation sites (tertiary alicyclic amines) is 1. The van der Waals surface area contributed by atoms with Gasteiger partial charge >= 0.3 is 0 Å². The number of carbonyl (C=O) groups excluding carboxylic acids is 1. The molecule has 1 aliphatic heterocycles. The Hall–Kier alpha value is -3.48. The maximum atomic E-state index is 13.0. The first-order valence-electron chi connectivity index (χ1n) is 11.5. The van der Waals surface area contributed by atoms with Crippen molar-refractivity contribution in [3.8, 4) is 0 Å². The van der Waals surface area contributed by atoms with E-state index in [1.54, 1.807) is 6.08 Å². The normalized spacial score (nSPS) is 16.4. The van der Waals surface area contributed by atoms with E-state index < -0.39 is 0 Å². The Morgan fingerprint density at radius 2 is 1.94 bits per heavy atom. The van der Waals surface area contributed by atoms with E-state index in [4.69, 9.17) is 4.98 Å². The largest absolute Gasteiger partial charge is 0.340 e. The molecule has 1 aliphatic rings. The number of amides is 1. The van der Waals surface area contributed by atoms with E-state index in [1.807, 2.05) is 74.7 Å². The predicted octanol–water partition coefficient (Wildman–Crippen LogP) is 4.61. The fraction of sp³-hybridized carbons (Fsp3) is 0.385. The lowest BCUT2D eigenvalue weighted by Crippen LogP contribution is -2.38. The Labute approximate surface area is 195 Å². The summed E-state index contributed by atoms with van der Waals surface area (Å²) < 4.78 is 1.84. The lowest BCUT2D eigenvalue weighted by molar-refractivity contribution is -0.127. The van der Waals surface area contributed by atoms with Gasteiger partial charge in [0.25, 0.3) is 0 Å². The minimum atomic E-state index is 0.0392. The van der Waals surface area contributed by atoms with Crippen molar-refractivity contribution in [2.75, 3.05) is 18.4 Å². The molecule has 1 fully saturated rings. The average molecular weight is 445 g/mol. The second-order valence-electron chi connectivity index (χ2n) is 8.88. The van der Waals surface area contributed by atoms with Crippen LogP contribution >= 0.6 is 0 Å². The minimum Gasteiger partial charge on any atom is -0.340 e. The number of rotatable bonds is 5. The molecular formula is C26H32N6O. The maximum absolute atomic E-state index is 13.0. The molecule has 1 amide bonds. The van der Waals surface area contributed by atoms with Gasteiger partial charge in [-0.3, -0.25) is 14.5 Å². The summed E-state index contributed by atoms with van der Waals surface area (Å²) in [5.41, 5.74) is 6.92. The van der Waals surface area contributed by atoms with Crippen LogP contribution in [0.2, 0.25) is 0 Å². The molecule has 172 valence electrons. The molecule has 4 heterocycles. The van der Waals surface area contributed by atoms with Gasteiger partial charge in [0.2, 0.25) is 5.91 Å². The Morgan fingerprint density at radius 1 is 1.12 bits per heavy atom. The van der Waals surface area contributed by atoms with Crippen LogP contribution in [0, 0.1) is 27.7 Å². The fourth-order valence-electron chi connectivity index (χ4n) is 4.45. The molecule has 1 unspecified atom stereocenters. The summed E-state index contributed by atoms with van der Waals surface area (Å²) >= 11 is 0. The summed E-state index contributed by atoms with van der Waals surface area (Å²) in [6.45, 7) is 9.41.